The van der Waals surface area contributed by atoms with E-state index >= 15 is 8.78 Å². The molecule has 0 bridgehead atoms. The Hall–Kier alpha value is -5.29. The molecular weight excluding hydrogens is 725 g/mol. The van der Waals surface area contributed by atoms with Gasteiger partial charge in [0, 0.05) is 99.5 Å². The molecule has 3 atom stereocenters. The van der Waals surface area contributed by atoms with Crippen molar-refractivity contribution in [2.24, 2.45) is 5.92 Å². The Kier molecular flexibility index (Phi) is 9.75. The number of rotatable bonds is 7. The number of hydrogen-bond acceptors (Lipinski definition) is 7. The molecule has 3 fully saturated rings. The summed E-state index contributed by atoms with van der Waals surface area (Å²) in [6, 6.07) is 26.2. The predicted molar refractivity (Wildman–Crippen MR) is 215 cm³/mol. The molecule has 0 saturated carbocycles. The number of halogens is 2. The molecule has 3 saturated heterocycles. The van der Waals surface area contributed by atoms with E-state index in [2.05, 4.69) is 50.3 Å². The number of hydrogen-bond donors (Lipinski definition) is 2. The minimum absolute atomic E-state index is 0.0779. The molecular formula is C46H49F2N5O4. The van der Waals surface area contributed by atoms with Crippen LogP contribution in [-0.4, -0.2) is 84.5 Å². The number of alkyl halides is 2. The van der Waals surface area contributed by atoms with E-state index in [4.69, 9.17) is 0 Å². The molecule has 0 spiro atoms. The fraction of sp³-hybridized carbons (Fsp3) is 0.413. The molecule has 1 aliphatic carbocycles. The molecule has 4 aliphatic heterocycles. The quantitative estimate of drug-likeness (QED) is 0.197. The zero-order valence-corrected chi connectivity index (χ0v) is 32.3. The molecule has 4 heterocycles. The maximum atomic E-state index is 15.7. The molecule has 5 aliphatic rings. The van der Waals surface area contributed by atoms with Gasteiger partial charge in [-0.25, -0.2) is 8.78 Å². The van der Waals surface area contributed by atoms with Crippen LogP contribution in [0.4, 0.5) is 20.2 Å². The van der Waals surface area contributed by atoms with Crippen LogP contribution in [0.1, 0.15) is 87.7 Å². The van der Waals surface area contributed by atoms with Crippen LogP contribution in [-0.2, 0) is 22.1 Å². The number of amides is 3. The Morgan fingerprint density at radius 3 is 2.25 bits per heavy atom. The summed E-state index contributed by atoms with van der Waals surface area (Å²) in [5.41, 5.74) is 7.28. The summed E-state index contributed by atoms with van der Waals surface area (Å²) in [4.78, 5) is 46.3. The smallest absolute Gasteiger partial charge is 0.274 e. The number of imide groups is 1. The predicted octanol–water partition coefficient (Wildman–Crippen LogP) is 6.91. The second-order valence-corrected chi connectivity index (χ2v) is 16.7. The van der Waals surface area contributed by atoms with Crippen molar-refractivity contribution >= 4 is 29.1 Å². The number of benzene rings is 4. The third kappa shape index (κ3) is 7.15. The first-order valence-electron chi connectivity index (χ1n) is 20.4. The molecule has 0 aromatic heterocycles. The number of nitrogens with one attached hydrogen (secondary N) is 1. The summed E-state index contributed by atoms with van der Waals surface area (Å²) in [5, 5.41) is 12.5. The van der Waals surface area contributed by atoms with E-state index in [0.717, 1.165) is 92.3 Å². The second-order valence-electron chi connectivity index (χ2n) is 16.7. The van der Waals surface area contributed by atoms with Crippen molar-refractivity contribution in [3.63, 3.8) is 0 Å². The fourth-order valence-corrected chi connectivity index (χ4v) is 10.1. The second kappa shape index (κ2) is 14.9. The Morgan fingerprint density at radius 2 is 1.51 bits per heavy atom. The number of carbonyl (C=O) groups excluding carboxylic acids is 3. The van der Waals surface area contributed by atoms with Crippen LogP contribution >= 0.6 is 0 Å². The molecule has 2 N–H and O–H groups in total. The van der Waals surface area contributed by atoms with Gasteiger partial charge in [0.25, 0.3) is 11.8 Å². The number of fused-ring (bicyclic) bond motifs is 2. The van der Waals surface area contributed by atoms with Gasteiger partial charge in [0.1, 0.15) is 11.8 Å². The highest BCUT2D eigenvalue weighted by molar-refractivity contribution is 6.05. The standard InChI is InChI=1S/C46H49F2N5O4/c1-29-4-2-3-5-36(29)39-26-46(47,48)40-25-35(54)11-13-38(40)43(39)31-6-8-33(9-7-31)51-18-16-30(17-19-51)27-50-20-22-52(23-21-50)34-10-12-37-32(24-34)28-53(45(37)57)41-14-15-42(55)49-44(41)56/h2-13,24-25,30,39,41,43,54H,14-23,26-28H2,1H3,(H,49,55,56)/t39-,41+,43-/m1/s1. The molecule has 3 amide bonds. The zero-order valence-electron chi connectivity index (χ0n) is 32.3. The van der Waals surface area contributed by atoms with Crippen LogP contribution in [0.3, 0.4) is 0 Å². The molecule has 57 heavy (non-hydrogen) atoms. The topological polar surface area (TPSA) is 96.4 Å². The average molecular weight is 774 g/mol. The Bertz CT molecular complexity index is 2200. The number of aromatic hydroxyl groups is 1. The monoisotopic (exact) mass is 773 g/mol. The number of nitrogens with zero attached hydrogens (tertiary/aromatic N) is 4. The van der Waals surface area contributed by atoms with E-state index in [1.165, 1.54) is 12.1 Å². The van der Waals surface area contributed by atoms with Gasteiger partial charge in [0.05, 0.1) is 0 Å². The summed E-state index contributed by atoms with van der Waals surface area (Å²) >= 11 is 0. The van der Waals surface area contributed by atoms with Crippen molar-refractivity contribution in [2.75, 3.05) is 55.6 Å². The number of carbonyl (C=O) groups is 3. The lowest BCUT2D eigenvalue weighted by atomic mass is 9.67. The van der Waals surface area contributed by atoms with E-state index < -0.39 is 17.9 Å². The minimum atomic E-state index is -3.05. The molecule has 296 valence electrons. The van der Waals surface area contributed by atoms with Gasteiger partial charge in [-0.2, -0.15) is 0 Å². The summed E-state index contributed by atoms with van der Waals surface area (Å²) in [6.07, 6.45) is 2.50. The minimum Gasteiger partial charge on any atom is -0.508 e. The van der Waals surface area contributed by atoms with E-state index in [1.54, 1.807) is 11.0 Å². The van der Waals surface area contributed by atoms with Crippen LogP contribution in [0.5, 0.6) is 5.75 Å². The SMILES string of the molecule is Cc1ccccc1[C@H]1CC(F)(F)c2cc(O)ccc2[C@H]1c1ccc(N2CCC(CN3CCN(c4ccc5c(c4)CN([C@H]4CCC(=O)NC4=O)C5=O)CC3)CC2)cc1. The first kappa shape index (κ1) is 37.3. The largest absolute Gasteiger partial charge is 0.508 e. The van der Waals surface area contributed by atoms with E-state index in [9.17, 15) is 19.5 Å². The third-order valence-corrected chi connectivity index (χ3v) is 13.2. The first-order chi connectivity index (χ1) is 27.5. The molecule has 11 heteroatoms. The van der Waals surface area contributed by atoms with Crippen LogP contribution in [0, 0.1) is 12.8 Å². The van der Waals surface area contributed by atoms with Gasteiger partial charge in [-0.05, 0) is 102 Å². The van der Waals surface area contributed by atoms with Gasteiger partial charge >= 0.3 is 0 Å². The Morgan fingerprint density at radius 1 is 0.789 bits per heavy atom. The number of piperidine rings is 2. The molecule has 4 aromatic carbocycles. The molecule has 4 aromatic rings. The van der Waals surface area contributed by atoms with Gasteiger partial charge in [0.2, 0.25) is 11.8 Å². The lowest BCUT2D eigenvalue weighted by molar-refractivity contribution is -0.136. The number of aryl methyl sites for hydroxylation is 1. The highest BCUT2D eigenvalue weighted by Crippen LogP contribution is 2.55. The summed E-state index contributed by atoms with van der Waals surface area (Å²) in [5.74, 6) is -4.06. The van der Waals surface area contributed by atoms with E-state index in [0.29, 0.717) is 30.0 Å². The number of phenolic OH excluding ortho intramolecular Hbond substituents is 1. The first-order valence-corrected chi connectivity index (χ1v) is 20.4. The molecule has 9 rings (SSSR count). The van der Waals surface area contributed by atoms with Crippen molar-refractivity contribution in [3.8, 4) is 5.75 Å². The maximum Gasteiger partial charge on any atom is 0.274 e. The fourth-order valence-electron chi connectivity index (χ4n) is 10.1. The summed E-state index contributed by atoms with van der Waals surface area (Å²) in [6.45, 7) is 9.14. The number of phenols is 1. The van der Waals surface area contributed by atoms with E-state index in [1.807, 2.05) is 43.3 Å². The molecule has 0 radical (unpaired) electrons. The van der Waals surface area contributed by atoms with E-state index in [-0.39, 0.29) is 47.8 Å². The summed E-state index contributed by atoms with van der Waals surface area (Å²) < 4.78 is 31.4. The average Bonchev–Trinajstić information content (AvgIpc) is 3.53. The highest BCUT2D eigenvalue weighted by Gasteiger charge is 2.47. The van der Waals surface area contributed by atoms with Crippen LogP contribution in [0.2, 0.25) is 0 Å². The van der Waals surface area contributed by atoms with Gasteiger partial charge in [-0.15, -0.1) is 0 Å². The van der Waals surface area contributed by atoms with Crippen molar-refractivity contribution in [1.29, 1.82) is 0 Å². The van der Waals surface area contributed by atoms with Gasteiger partial charge < -0.3 is 19.8 Å². The van der Waals surface area contributed by atoms with Gasteiger partial charge in [-0.3, -0.25) is 24.6 Å². The van der Waals surface area contributed by atoms with Gasteiger partial charge in [-0.1, -0.05) is 42.5 Å². The molecule has 0 unspecified atom stereocenters. The van der Waals surface area contributed by atoms with Crippen LogP contribution < -0.4 is 15.1 Å². The Labute approximate surface area is 332 Å². The van der Waals surface area contributed by atoms with Crippen LogP contribution in [0.25, 0.3) is 0 Å². The number of anilines is 2. The van der Waals surface area contributed by atoms with Crippen LogP contribution in [0.15, 0.2) is 84.9 Å². The zero-order chi connectivity index (χ0) is 39.4. The van der Waals surface area contributed by atoms with Crippen molar-refractivity contribution < 1.29 is 28.3 Å². The van der Waals surface area contributed by atoms with Crippen molar-refractivity contribution in [2.45, 2.75) is 69.4 Å². The van der Waals surface area contributed by atoms with Crippen molar-refractivity contribution in [1.82, 2.24) is 15.1 Å². The Balaban J connectivity index is 0.800. The molecule has 9 nitrogen and oxygen atoms in total. The number of piperazine rings is 1. The van der Waals surface area contributed by atoms with Crippen molar-refractivity contribution in [3.05, 3.63) is 124 Å². The lowest BCUT2D eigenvalue weighted by Crippen LogP contribution is -2.52. The maximum absolute atomic E-state index is 15.7. The summed E-state index contributed by atoms with van der Waals surface area (Å²) in [7, 11) is 0. The third-order valence-electron chi connectivity index (χ3n) is 13.2. The van der Waals surface area contributed by atoms with Gasteiger partial charge in [0.15, 0.2) is 0 Å². The highest BCUT2D eigenvalue weighted by atomic mass is 19.3. The lowest BCUT2D eigenvalue weighted by Gasteiger charge is -2.40. The normalized spacial score (nSPS) is 24.0.